The van der Waals surface area contributed by atoms with Crippen molar-refractivity contribution in [2.75, 3.05) is 24.2 Å². The Balaban J connectivity index is 2.86. The van der Waals surface area contributed by atoms with E-state index >= 15 is 0 Å². The van der Waals surface area contributed by atoms with E-state index in [1.54, 1.807) is 6.92 Å². The van der Waals surface area contributed by atoms with E-state index in [2.05, 4.69) is 26.1 Å². The van der Waals surface area contributed by atoms with Gasteiger partial charge in [0.15, 0.2) is 0 Å². The average molecular weight is 282 g/mol. The van der Waals surface area contributed by atoms with Crippen molar-refractivity contribution in [3.8, 4) is 0 Å². The van der Waals surface area contributed by atoms with Crippen LogP contribution in [0.15, 0.2) is 12.1 Å². The predicted octanol–water partition coefficient (Wildman–Crippen LogP) is 3.43. The van der Waals surface area contributed by atoms with Gasteiger partial charge in [-0.05, 0) is 30.9 Å². The smallest absolute Gasteiger partial charge is 0.340 e. The van der Waals surface area contributed by atoms with Crippen molar-refractivity contribution >= 4 is 17.3 Å². The van der Waals surface area contributed by atoms with Crippen LogP contribution in [0, 0.1) is 11.2 Å². The minimum Gasteiger partial charge on any atom is -0.462 e. The predicted molar refractivity (Wildman–Crippen MR) is 79.3 cm³/mol. The lowest BCUT2D eigenvalue weighted by atomic mass is 9.92. The van der Waals surface area contributed by atoms with Gasteiger partial charge in [-0.2, -0.15) is 0 Å². The molecule has 1 aromatic carbocycles. The van der Waals surface area contributed by atoms with E-state index in [9.17, 15) is 9.18 Å². The molecule has 0 saturated carbocycles. The lowest BCUT2D eigenvalue weighted by Crippen LogP contribution is -2.15. The molecule has 0 atom stereocenters. The Morgan fingerprint density at radius 2 is 2.05 bits per heavy atom. The minimum absolute atomic E-state index is 0.0855. The maximum atomic E-state index is 13.8. The zero-order chi connectivity index (χ0) is 15.3. The van der Waals surface area contributed by atoms with Gasteiger partial charge in [-0.15, -0.1) is 0 Å². The summed E-state index contributed by atoms with van der Waals surface area (Å²) in [5.74, 6) is -1.01. The van der Waals surface area contributed by atoms with E-state index in [-0.39, 0.29) is 29.0 Å². The van der Waals surface area contributed by atoms with Crippen molar-refractivity contribution in [1.82, 2.24) is 0 Å². The van der Waals surface area contributed by atoms with Crippen LogP contribution in [0.25, 0.3) is 0 Å². The highest BCUT2D eigenvalue weighted by Crippen LogP contribution is 2.24. The highest BCUT2D eigenvalue weighted by Gasteiger charge is 2.16. The maximum absolute atomic E-state index is 13.8. The molecule has 0 radical (unpaired) electrons. The number of hydrogen-bond donors (Lipinski definition) is 2. The maximum Gasteiger partial charge on any atom is 0.340 e. The number of rotatable bonds is 5. The van der Waals surface area contributed by atoms with E-state index in [4.69, 9.17) is 10.5 Å². The van der Waals surface area contributed by atoms with E-state index in [0.717, 1.165) is 12.5 Å². The van der Waals surface area contributed by atoms with Crippen LogP contribution in [0.3, 0.4) is 0 Å². The molecule has 0 aliphatic carbocycles. The lowest BCUT2D eigenvalue weighted by molar-refractivity contribution is 0.0527. The van der Waals surface area contributed by atoms with Crippen molar-refractivity contribution in [2.24, 2.45) is 5.41 Å². The Hall–Kier alpha value is -1.78. The first-order chi connectivity index (χ1) is 9.24. The number of nitrogen functional groups attached to an aromatic ring is 1. The number of nitrogens with one attached hydrogen (secondary N) is 1. The van der Waals surface area contributed by atoms with Crippen LogP contribution in [0.5, 0.6) is 0 Å². The van der Waals surface area contributed by atoms with Gasteiger partial charge in [0.05, 0.1) is 17.9 Å². The van der Waals surface area contributed by atoms with E-state index in [1.165, 1.54) is 6.07 Å². The van der Waals surface area contributed by atoms with Crippen molar-refractivity contribution in [2.45, 2.75) is 34.1 Å². The summed E-state index contributed by atoms with van der Waals surface area (Å²) in [6.45, 7) is 8.91. The number of carbonyl (C=O) groups is 1. The molecule has 0 heterocycles. The average Bonchev–Trinajstić information content (AvgIpc) is 2.30. The van der Waals surface area contributed by atoms with Crippen LogP contribution < -0.4 is 11.1 Å². The molecule has 0 aliphatic rings. The fraction of sp³-hybridized carbons (Fsp3) is 0.533. The van der Waals surface area contributed by atoms with Gasteiger partial charge < -0.3 is 15.8 Å². The van der Waals surface area contributed by atoms with Gasteiger partial charge in [0.2, 0.25) is 0 Å². The molecule has 0 spiro atoms. The van der Waals surface area contributed by atoms with Crippen molar-refractivity contribution < 1.29 is 13.9 Å². The standard InChI is InChI=1S/C15H23FN2O2/c1-5-20-14(19)10-8-13(11(16)9-12(10)17)18-7-6-15(2,3)4/h8-9,18H,5-7,17H2,1-4H3. The van der Waals surface area contributed by atoms with Gasteiger partial charge in [0, 0.05) is 12.2 Å². The summed E-state index contributed by atoms with van der Waals surface area (Å²) in [5.41, 5.74) is 6.35. The van der Waals surface area contributed by atoms with Crippen LogP contribution in [0.4, 0.5) is 15.8 Å². The van der Waals surface area contributed by atoms with Crippen LogP contribution in [0.1, 0.15) is 44.5 Å². The molecular weight excluding hydrogens is 259 g/mol. The summed E-state index contributed by atoms with van der Waals surface area (Å²) in [7, 11) is 0. The molecule has 0 aliphatic heterocycles. The number of esters is 1. The zero-order valence-electron chi connectivity index (χ0n) is 12.5. The second kappa shape index (κ2) is 6.59. The monoisotopic (exact) mass is 282 g/mol. The molecule has 0 fully saturated rings. The first-order valence-electron chi connectivity index (χ1n) is 6.74. The molecule has 0 saturated heterocycles. The highest BCUT2D eigenvalue weighted by atomic mass is 19.1. The quantitative estimate of drug-likeness (QED) is 0.641. The summed E-state index contributed by atoms with van der Waals surface area (Å²) in [5, 5.41) is 3.00. The molecule has 3 N–H and O–H groups in total. The molecule has 112 valence electrons. The second-order valence-corrected chi connectivity index (χ2v) is 5.88. The largest absolute Gasteiger partial charge is 0.462 e. The van der Waals surface area contributed by atoms with Gasteiger partial charge in [-0.1, -0.05) is 20.8 Å². The fourth-order valence-electron chi connectivity index (χ4n) is 1.68. The second-order valence-electron chi connectivity index (χ2n) is 5.88. The van der Waals surface area contributed by atoms with Crippen LogP contribution in [-0.2, 0) is 4.74 Å². The molecule has 1 rings (SSSR count). The summed E-state index contributed by atoms with van der Waals surface area (Å²) < 4.78 is 18.7. The van der Waals surface area contributed by atoms with Crippen molar-refractivity contribution in [1.29, 1.82) is 0 Å². The van der Waals surface area contributed by atoms with Gasteiger partial charge in [-0.3, -0.25) is 0 Å². The highest BCUT2D eigenvalue weighted by molar-refractivity contribution is 5.96. The molecule has 0 aromatic heterocycles. The summed E-state index contributed by atoms with van der Waals surface area (Å²) in [6, 6.07) is 2.55. The number of ether oxygens (including phenoxy) is 1. The molecule has 4 nitrogen and oxygen atoms in total. The Morgan fingerprint density at radius 1 is 1.40 bits per heavy atom. The van der Waals surface area contributed by atoms with Gasteiger partial charge >= 0.3 is 5.97 Å². The SMILES string of the molecule is CCOC(=O)c1cc(NCCC(C)(C)C)c(F)cc1N. The summed E-state index contributed by atoms with van der Waals surface area (Å²) in [6.07, 6.45) is 0.881. The Bertz CT molecular complexity index is 481. The first-order valence-corrected chi connectivity index (χ1v) is 6.74. The Morgan fingerprint density at radius 3 is 2.60 bits per heavy atom. The third-order valence-corrected chi connectivity index (χ3v) is 2.83. The molecule has 0 bridgehead atoms. The van der Waals surface area contributed by atoms with Gasteiger partial charge in [-0.25, -0.2) is 9.18 Å². The number of nitrogens with two attached hydrogens (primary N) is 1. The number of anilines is 2. The van der Waals surface area contributed by atoms with E-state index < -0.39 is 11.8 Å². The van der Waals surface area contributed by atoms with Gasteiger partial charge in [0.1, 0.15) is 5.82 Å². The zero-order valence-corrected chi connectivity index (χ0v) is 12.5. The topological polar surface area (TPSA) is 64.3 Å². The Kier molecular flexibility index (Phi) is 5.36. The number of halogens is 1. The number of benzene rings is 1. The minimum atomic E-state index is -0.538. The third-order valence-electron chi connectivity index (χ3n) is 2.83. The van der Waals surface area contributed by atoms with Crippen LogP contribution in [0.2, 0.25) is 0 Å². The van der Waals surface area contributed by atoms with Gasteiger partial charge in [0.25, 0.3) is 0 Å². The number of hydrogen-bond acceptors (Lipinski definition) is 4. The van der Waals surface area contributed by atoms with Crippen LogP contribution >= 0.6 is 0 Å². The third kappa shape index (κ3) is 4.72. The molecule has 0 amide bonds. The van der Waals surface area contributed by atoms with Crippen molar-refractivity contribution in [3.05, 3.63) is 23.5 Å². The van der Waals surface area contributed by atoms with E-state index in [0.29, 0.717) is 6.54 Å². The Labute approximate surface area is 119 Å². The summed E-state index contributed by atoms with van der Waals surface area (Å²) in [4.78, 5) is 11.7. The molecular formula is C15H23FN2O2. The number of carbonyl (C=O) groups excluding carboxylic acids is 1. The summed E-state index contributed by atoms with van der Waals surface area (Å²) >= 11 is 0. The molecule has 20 heavy (non-hydrogen) atoms. The van der Waals surface area contributed by atoms with Crippen LogP contribution in [-0.4, -0.2) is 19.1 Å². The molecule has 1 aromatic rings. The normalized spacial score (nSPS) is 11.2. The van der Waals surface area contributed by atoms with E-state index in [1.807, 2.05) is 0 Å². The van der Waals surface area contributed by atoms with Crippen molar-refractivity contribution in [3.63, 3.8) is 0 Å². The molecule has 5 heteroatoms. The molecule has 0 unspecified atom stereocenters. The lowest BCUT2D eigenvalue weighted by Gasteiger charge is -2.19. The fourth-order valence-corrected chi connectivity index (χ4v) is 1.68. The first kappa shape index (κ1) is 16.3.